The molecule has 2 aromatic rings. The molecule has 7 heteroatoms. The maximum atomic E-state index is 13.5. The molecule has 1 heterocycles. The number of ether oxygens (including phenoxy) is 5. The predicted molar refractivity (Wildman–Crippen MR) is 143 cm³/mol. The lowest BCUT2D eigenvalue weighted by Crippen LogP contribution is -2.33. The van der Waals surface area contributed by atoms with E-state index < -0.39 is 0 Å². The number of allylic oxidation sites excluding steroid dienone is 1. The van der Waals surface area contributed by atoms with Gasteiger partial charge in [-0.05, 0) is 80.9 Å². The standard InChI is InChI=1S/C30H37NO6/c1-4-17-31(30(32)26(5-2)37-25-14-11-23(12-15-25)22-9-10-22)24-13-16-27(28(21-24)33-3)34-19-20-36-29-8-6-7-18-35-29/h4-5,11-16,21-22,29H,1,6-10,17-20H2,2-3H3/b26-5-. The molecule has 1 saturated carbocycles. The van der Waals surface area contributed by atoms with Crippen LogP contribution in [0.1, 0.15) is 50.5 Å². The molecule has 0 radical (unpaired) electrons. The summed E-state index contributed by atoms with van der Waals surface area (Å²) in [6, 6.07) is 13.4. The summed E-state index contributed by atoms with van der Waals surface area (Å²) in [7, 11) is 1.57. The SMILES string of the molecule is C=CCN(C(=O)/C(=C/C)Oc1ccc(C2CC2)cc1)c1ccc(OCCOC2CCCCO2)c(OC)c1. The number of anilines is 1. The quantitative estimate of drug-likeness (QED) is 0.143. The Morgan fingerprint density at radius 1 is 1.08 bits per heavy atom. The van der Waals surface area contributed by atoms with Gasteiger partial charge in [0.2, 0.25) is 0 Å². The van der Waals surface area contributed by atoms with Gasteiger partial charge < -0.3 is 28.6 Å². The van der Waals surface area contributed by atoms with Crippen LogP contribution in [0.4, 0.5) is 5.69 Å². The van der Waals surface area contributed by atoms with Gasteiger partial charge in [0.15, 0.2) is 23.5 Å². The van der Waals surface area contributed by atoms with Crippen molar-refractivity contribution in [1.29, 1.82) is 0 Å². The average molecular weight is 508 g/mol. The highest BCUT2D eigenvalue weighted by Gasteiger charge is 2.24. The Kier molecular flexibility index (Phi) is 9.63. The van der Waals surface area contributed by atoms with Crippen LogP contribution in [0.2, 0.25) is 0 Å². The van der Waals surface area contributed by atoms with Crippen LogP contribution < -0.4 is 19.1 Å². The predicted octanol–water partition coefficient (Wildman–Crippen LogP) is 6.00. The number of rotatable bonds is 13. The van der Waals surface area contributed by atoms with Crippen molar-refractivity contribution in [2.24, 2.45) is 0 Å². The zero-order valence-corrected chi connectivity index (χ0v) is 21.8. The van der Waals surface area contributed by atoms with E-state index in [-0.39, 0.29) is 18.0 Å². The van der Waals surface area contributed by atoms with E-state index in [0.29, 0.717) is 48.6 Å². The molecule has 1 aliphatic carbocycles. The van der Waals surface area contributed by atoms with Crippen LogP contribution >= 0.6 is 0 Å². The fourth-order valence-electron chi connectivity index (χ4n) is 4.26. The number of hydrogen-bond acceptors (Lipinski definition) is 6. The summed E-state index contributed by atoms with van der Waals surface area (Å²) in [5, 5.41) is 0. The highest BCUT2D eigenvalue weighted by molar-refractivity contribution is 6.04. The third-order valence-electron chi connectivity index (χ3n) is 6.43. The van der Waals surface area contributed by atoms with E-state index in [9.17, 15) is 4.79 Å². The molecule has 0 spiro atoms. The number of amides is 1. The lowest BCUT2D eigenvalue weighted by atomic mass is 10.1. The third-order valence-corrected chi connectivity index (χ3v) is 6.43. The van der Waals surface area contributed by atoms with Gasteiger partial charge in [0.25, 0.3) is 5.91 Å². The molecule has 1 amide bonds. The van der Waals surface area contributed by atoms with Crippen molar-refractivity contribution < 1.29 is 28.5 Å². The van der Waals surface area contributed by atoms with Crippen LogP contribution in [0.15, 0.2) is 67.0 Å². The Hall–Kier alpha value is -3.29. The molecule has 1 unspecified atom stereocenters. The number of carbonyl (C=O) groups excluding carboxylic acids is 1. The van der Waals surface area contributed by atoms with Gasteiger partial charge in [-0.3, -0.25) is 4.79 Å². The molecule has 7 nitrogen and oxygen atoms in total. The molecule has 2 aliphatic rings. The van der Waals surface area contributed by atoms with Gasteiger partial charge in [0.1, 0.15) is 12.4 Å². The molecule has 4 rings (SSSR count). The smallest absolute Gasteiger partial charge is 0.293 e. The molecule has 0 N–H and O–H groups in total. The monoisotopic (exact) mass is 507 g/mol. The summed E-state index contributed by atoms with van der Waals surface area (Å²) in [5.74, 6) is 2.36. The number of hydrogen-bond donors (Lipinski definition) is 0. The van der Waals surface area contributed by atoms with Crippen LogP contribution in [0.3, 0.4) is 0 Å². The maximum absolute atomic E-state index is 13.5. The molecule has 2 aromatic carbocycles. The molecule has 1 saturated heterocycles. The Balaban J connectivity index is 1.40. The highest BCUT2D eigenvalue weighted by atomic mass is 16.7. The van der Waals surface area contributed by atoms with Crippen molar-refractivity contribution >= 4 is 11.6 Å². The zero-order valence-electron chi connectivity index (χ0n) is 21.8. The van der Waals surface area contributed by atoms with E-state index in [4.69, 9.17) is 23.7 Å². The minimum absolute atomic E-state index is 0.153. The van der Waals surface area contributed by atoms with Gasteiger partial charge in [-0.2, -0.15) is 0 Å². The molecule has 198 valence electrons. The zero-order chi connectivity index (χ0) is 26.0. The van der Waals surface area contributed by atoms with E-state index in [0.717, 1.165) is 25.9 Å². The Bertz CT molecular complexity index is 1070. The van der Waals surface area contributed by atoms with Crippen molar-refractivity contribution in [2.45, 2.75) is 51.2 Å². The number of carbonyl (C=O) groups is 1. The summed E-state index contributed by atoms with van der Waals surface area (Å²) in [5.41, 5.74) is 1.96. The van der Waals surface area contributed by atoms with E-state index in [2.05, 4.69) is 18.7 Å². The van der Waals surface area contributed by atoms with Crippen molar-refractivity contribution in [1.82, 2.24) is 0 Å². The molecule has 37 heavy (non-hydrogen) atoms. The third kappa shape index (κ3) is 7.37. The van der Waals surface area contributed by atoms with Crippen molar-refractivity contribution in [3.05, 3.63) is 72.5 Å². The molecule has 0 bridgehead atoms. The number of nitrogens with zero attached hydrogens (tertiary/aromatic N) is 1. The minimum Gasteiger partial charge on any atom is -0.493 e. The molecule has 1 aliphatic heterocycles. The maximum Gasteiger partial charge on any atom is 0.293 e. The Labute approximate surface area is 219 Å². The Morgan fingerprint density at radius 3 is 2.54 bits per heavy atom. The van der Waals surface area contributed by atoms with Crippen LogP contribution in [0, 0.1) is 0 Å². The summed E-state index contributed by atoms with van der Waals surface area (Å²) >= 11 is 0. The van der Waals surface area contributed by atoms with E-state index >= 15 is 0 Å². The number of methoxy groups -OCH3 is 1. The minimum atomic E-state index is -0.273. The van der Waals surface area contributed by atoms with Gasteiger partial charge in [0, 0.05) is 24.9 Å². The van der Waals surface area contributed by atoms with Gasteiger partial charge in [0.05, 0.1) is 13.7 Å². The van der Waals surface area contributed by atoms with Crippen LogP contribution in [0.5, 0.6) is 17.2 Å². The normalized spacial score (nSPS) is 17.7. The second kappa shape index (κ2) is 13.3. The summed E-state index contributed by atoms with van der Waals surface area (Å²) < 4.78 is 28.7. The Morgan fingerprint density at radius 2 is 1.89 bits per heavy atom. The molecular weight excluding hydrogens is 470 g/mol. The van der Waals surface area contributed by atoms with Gasteiger partial charge >= 0.3 is 0 Å². The summed E-state index contributed by atoms with van der Waals surface area (Å²) in [4.78, 5) is 15.1. The number of benzene rings is 2. The van der Waals surface area contributed by atoms with Crippen LogP contribution in [-0.2, 0) is 14.3 Å². The van der Waals surface area contributed by atoms with E-state index in [1.807, 2.05) is 18.2 Å². The first-order valence-electron chi connectivity index (χ1n) is 13.0. The second-order valence-corrected chi connectivity index (χ2v) is 9.15. The van der Waals surface area contributed by atoms with Crippen LogP contribution in [0.25, 0.3) is 0 Å². The molecule has 1 atom stereocenters. The summed E-state index contributed by atoms with van der Waals surface area (Å²) in [6.07, 6.45) is 8.80. The highest BCUT2D eigenvalue weighted by Crippen LogP contribution is 2.40. The lowest BCUT2D eigenvalue weighted by Gasteiger charge is -2.24. The van der Waals surface area contributed by atoms with E-state index in [1.165, 1.54) is 18.4 Å². The topological polar surface area (TPSA) is 66.5 Å². The first kappa shape index (κ1) is 26.8. The molecule has 2 fully saturated rings. The van der Waals surface area contributed by atoms with Crippen molar-refractivity contribution in [2.75, 3.05) is 38.4 Å². The van der Waals surface area contributed by atoms with Crippen molar-refractivity contribution in [3.63, 3.8) is 0 Å². The fraction of sp³-hybridized carbons (Fsp3) is 0.433. The van der Waals surface area contributed by atoms with Crippen molar-refractivity contribution in [3.8, 4) is 17.2 Å². The first-order chi connectivity index (χ1) is 18.1. The molecular formula is C30H37NO6. The van der Waals surface area contributed by atoms with Gasteiger partial charge in [-0.25, -0.2) is 0 Å². The summed E-state index contributed by atoms with van der Waals surface area (Å²) in [6.45, 7) is 7.44. The second-order valence-electron chi connectivity index (χ2n) is 9.15. The first-order valence-corrected chi connectivity index (χ1v) is 13.0. The van der Waals surface area contributed by atoms with Crippen LogP contribution in [-0.4, -0.2) is 45.7 Å². The largest absolute Gasteiger partial charge is 0.493 e. The van der Waals surface area contributed by atoms with E-state index in [1.54, 1.807) is 43.2 Å². The van der Waals surface area contributed by atoms with Gasteiger partial charge in [-0.15, -0.1) is 6.58 Å². The van der Waals surface area contributed by atoms with Gasteiger partial charge in [-0.1, -0.05) is 18.2 Å². The fourth-order valence-corrected chi connectivity index (χ4v) is 4.26. The molecule has 0 aromatic heterocycles. The lowest BCUT2D eigenvalue weighted by molar-refractivity contribution is -0.165. The average Bonchev–Trinajstić information content (AvgIpc) is 3.79.